The summed E-state index contributed by atoms with van der Waals surface area (Å²) in [6.07, 6.45) is 0. The lowest BCUT2D eigenvalue weighted by Crippen LogP contribution is -2.19. The summed E-state index contributed by atoms with van der Waals surface area (Å²) in [4.78, 5) is 23.2. The molecule has 2 rings (SSSR count). The molecule has 0 aliphatic carbocycles. The quantitative estimate of drug-likeness (QED) is 0.712. The summed E-state index contributed by atoms with van der Waals surface area (Å²) in [5.41, 5.74) is 13.5. The van der Waals surface area contributed by atoms with Gasteiger partial charge in [-0.05, 0) is 29.8 Å². The normalized spacial score (nSPS) is 10.2. The van der Waals surface area contributed by atoms with Crippen LogP contribution < -0.4 is 16.8 Å². The Labute approximate surface area is 133 Å². The van der Waals surface area contributed by atoms with Gasteiger partial charge in [0.1, 0.15) is 0 Å². The largest absolute Gasteiger partial charge is 0.399 e. The van der Waals surface area contributed by atoms with Crippen LogP contribution in [0.4, 0.5) is 11.4 Å². The molecule has 0 heterocycles. The highest BCUT2D eigenvalue weighted by molar-refractivity contribution is 7.99. The highest BCUT2D eigenvalue weighted by Gasteiger charge is 2.10. The summed E-state index contributed by atoms with van der Waals surface area (Å²) in [7, 11) is 0. The van der Waals surface area contributed by atoms with Gasteiger partial charge in [0.2, 0.25) is 5.91 Å². The van der Waals surface area contributed by atoms with Gasteiger partial charge in [-0.2, -0.15) is 0 Å². The zero-order valence-corrected chi connectivity index (χ0v) is 12.7. The Bertz CT molecular complexity index is 671. The van der Waals surface area contributed by atoms with E-state index in [2.05, 4.69) is 5.32 Å². The van der Waals surface area contributed by atoms with Gasteiger partial charge < -0.3 is 16.8 Å². The van der Waals surface area contributed by atoms with Crippen molar-refractivity contribution in [2.24, 2.45) is 5.73 Å². The van der Waals surface area contributed by atoms with Crippen molar-refractivity contribution >= 4 is 35.0 Å². The number of nitrogen functional groups attached to an aromatic ring is 1. The molecule has 6 heteroatoms. The standard InChI is InChI=1S/C16H17N3O2S/c17-12-7-5-11(6-8-12)9-22-10-15(20)19-14-4-2-1-3-13(14)16(18)21/h1-8H,9-10,17H2,(H2,18,21)(H,19,20). The lowest BCUT2D eigenvalue weighted by atomic mass is 10.1. The Kier molecular flexibility index (Phi) is 5.43. The minimum absolute atomic E-state index is 0.172. The number of para-hydroxylation sites is 1. The molecule has 114 valence electrons. The van der Waals surface area contributed by atoms with Crippen molar-refractivity contribution in [3.8, 4) is 0 Å². The number of carbonyl (C=O) groups is 2. The second-order valence-corrected chi connectivity index (χ2v) is 5.68. The van der Waals surface area contributed by atoms with Crippen molar-refractivity contribution in [3.05, 3.63) is 59.7 Å². The third-order valence-corrected chi connectivity index (χ3v) is 3.95. The molecule has 0 aliphatic rings. The first-order valence-corrected chi connectivity index (χ1v) is 7.82. The molecule has 0 bridgehead atoms. The van der Waals surface area contributed by atoms with E-state index < -0.39 is 5.91 Å². The first-order valence-electron chi connectivity index (χ1n) is 6.67. The zero-order valence-electron chi connectivity index (χ0n) is 11.9. The maximum absolute atomic E-state index is 11.9. The number of primary amides is 1. The molecular weight excluding hydrogens is 298 g/mol. The van der Waals surface area contributed by atoms with Crippen molar-refractivity contribution in [2.45, 2.75) is 5.75 Å². The minimum atomic E-state index is -0.564. The first kappa shape index (κ1) is 15.9. The Morgan fingerprint density at radius 2 is 1.73 bits per heavy atom. The number of amides is 2. The lowest BCUT2D eigenvalue weighted by Gasteiger charge is -2.08. The van der Waals surface area contributed by atoms with Gasteiger partial charge in [0.15, 0.2) is 0 Å². The van der Waals surface area contributed by atoms with Crippen LogP contribution in [0.3, 0.4) is 0 Å². The first-order chi connectivity index (χ1) is 10.6. The van der Waals surface area contributed by atoms with Crippen LogP contribution in [0.25, 0.3) is 0 Å². The van der Waals surface area contributed by atoms with Gasteiger partial charge in [-0.25, -0.2) is 0 Å². The topological polar surface area (TPSA) is 98.2 Å². The summed E-state index contributed by atoms with van der Waals surface area (Å²) < 4.78 is 0. The van der Waals surface area contributed by atoms with Crippen LogP contribution in [0.5, 0.6) is 0 Å². The number of nitrogens with one attached hydrogen (secondary N) is 1. The maximum Gasteiger partial charge on any atom is 0.250 e. The van der Waals surface area contributed by atoms with E-state index in [0.29, 0.717) is 17.0 Å². The van der Waals surface area contributed by atoms with E-state index in [1.165, 1.54) is 11.8 Å². The summed E-state index contributed by atoms with van der Waals surface area (Å²) in [6, 6.07) is 14.2. The second kappa shape index (κ2) is 7.51. The molecule has 2 aromatic rings. The number of anilines is 2. The monoisotopic (exact) mass is 315 g/mol. The fourth-order valence-electron chi connectivity index (χ4n) is 1.87. The zero-order chi connectivity index (χ0) is 15.9. The molecule has 0 aromatic heterocycles. The third kappa shape index (κ3) is 4.53. The Hall–Kier alpha value is -2.47. The predicted molar refractivity (Wildman–Crippen MR) is 90.6 cm³/mol. The fraction of sp³-hybridized carbons (Fsp3) is 0.125. The van der Waals surface area contributed by atoms with Gasteiger partial charge in [-0.15, -0.1) is 11.8 Å². The minimum Gasteiger partial charge on any atom is -0.399 e. The van der Waals surface area contributed by atoms with Crippen LogP contribution in [-0.4, -0.2) is 17.6 Å². The van der Waals surface area contributed by atoms with E-state index in [1.807, 2.05) is 24.3 Å². The van der Waals surface area contributed by atoms with Gasteiger partial charge in [-0.3, -0.25) is 9.59 Å². The summed E-state index contributed by atoms with van der Waals surface area (Å²) in [5.74, 6) is 0.266. The molecule has 0 fully saturated rings. The van der Waals surface area contributed by atoms with Gasteiger partial charge in [0, 0.05) is 11.4 Å². The van der Waals surface area contributed by atoms with Gasteiger partial charge in [0.05, 0.1) is 17.0 Å². The summed E-state index contributed by atoms with van der Waals surface area (Å²) in [5, 5.41) is 2.71. The van der Waals surface area contributed by atoms with Crippen LogP contribution in [0, 0.1) is 0 Å². The lowest BCUT2D eigenvalue weighted by molar-refractivity contribution is -0.113. The van der Waals surface area contributed by atoms with E-state index in [4.69, 9.17) is 11.5 Å². The number of hydrogen-bond acceptors (Lipinski definition) is 4. The fourth-order valence-corrected chi connectivity index (χ4v) is 2.66. The van der Waals surface area contributed by atoms with E-state index >= 15 is 0 Å². The number of benzene rings is 2. The molecule has 0 atom stereocenters. The highest BCUT2D eigenvalue weighted by Crippen LogP contribution is 2.17. The van der Waals surface area contributed by atoms with Crippen LogP contribution in [-0.2, 0) is 10.5 Å². The number of hydrogen-bond donors (Lipinski definition) is 3. The SMILES string of the molecule is NC(=O)c1ccccc1NC(=O)CSCc1ccc(N)cc1. The molecule has 0 spiro atoms. The molecule has 2 aromatic carbocycles. The number of rotatable bonds is 6. The molecule has 0 saturated heterocycles. The number of thioether (sulfide) groups is 1. The summed E-state index contributed by atoms with van der Waals surface area (Å²) in [6.45, 7) is 0. The molecular formula is C16H17N3O2S. The van der Waals surface area contributed by atoms with Gasteiger partial charge >= 0.3 is 0 Å². The van der Waals surface area contributed by atoms with Crippen molar-refractivity contribution < 1.29 is 9.59 Å². The summed E-state index contributed by atoms with van der Waals surface area (Å²) >= 11 is 1.48. The molecule has 2 amide bonds. The second-order valence-electron chi connectivity index (χ2n) is 4.69. The molecule has 0 radical (unpaired) electrons. The van der Waals surface area contributed by atoms with E-state index in [0.717, 1.165) is 11.3 Å². The molecule has 5 nitrogen and oxygen atoms in total. The Morgan fingerprint density at radius 1 is 1.05 bits per heavy atom. The van der Waals surface area contributed by atoms with Gasteiger partial charge in [0.25, 0.3) is 5.91 Å². The van der Waals surface area contributed by atoms with E-state index in [1.54, 1.807) is 24.3 Å². The molecule has 0 unspecified atom stereocenters. The molecule has 5 N–H and O–H groups in total. The third-order valence-electron chi connectivity index (χ3n) is 2.95. The predicted octanol–water partition coefficient (Wildman–Crippen LogP) is 2.24. The average molecular weight is 315 g/mol. The van der Waals surface area contributed by atoms with Crippen LogP contribution >= 0.6 is 11.8 Å². The van der Waals surface area contributed by atoms with Crippen LogP contribution in [0.1, 0.15) is 15.9 Å². The Morgan fingerprint density at radius 3 is 2.41 bits per heavy atom. The molecule has 22 heavy (non-hydrogen) atoms. The average Bonchev–Trinajstić information content (AvgIpc) is 2.49. The Balaban J connectivity index is 1.86. The number of nitrogens with two attached hydrogens (primary N) is 2. The van der Waals surface area contributed by atoms with Crippen LogP contribution in [0.2, 0.25) is 0 Å². The maximum atomic E-state index is 11.9. The number of carbonyl (C=O) groups excluding carboxylic acids is 2. The van der Waals surface area contributed by atoms with Crippen molar-refractivity contribution in [3.63, 3.8) is 0 Å². The van der Waals surface area contributed by atoms with Crippen molar-refractivity contribution in [2.75, 3.05) is 16.8 Å². The molecule has 0 aliphatic heterocycles. The van der Waals surface area contributed by atoms with E-state index in [9.17, 15) is 9.59 Å². The van der Waals surface area contributed by atoms with Crippen LogP contribution in [0.15, 0.2) is 48.5 Å². The highest BCUT2D eigenvalue weighted by atomic mass is 32.2. The van der Waals surface area contributed by atoms with Crippen molar-refractivity contribution in [1.29, 1.82) is 0 Å². The van der Waals surface area contributed by atoms with Gasteiger partial charge in [-0.1, -0.05) is 24.3 Å². The van der Waals surface area contributed by atoms with E-state index in [-0.39, 0.29) is 11.7 Å². The van der Waals surface area contributed by atoms with Crippen molar-refractivity contribution in [1.82, 2.24) is 0 Å². The smallest absolute Gasteiger partial charge is 0.250 e. The molecule has 0 saturated carbocycles.